The molecule has 1 heterocycles. The van der Waals surface area contributed by atoms with Crippen molar-refractivity contribution in [3.8, 4) is 0 Å². The second-order valence-corrected chi connectivity index (χ2v) is 5.96. The molecule has 2 rings (SSSR count). The van der Waals surface area contributed by atoms with Crippen LogP contribution in [0.25, 0.3) is 0 Å². The number of halogens is 1. The van der Waals surface area contributed by atoms with Gasteiger partial charge in [0, 0.05) is 19.5 Å². The summed E-state index contributed by atoms with van der Waals surface area (Å²) in [5, 5.41) is 9.13. The van der Waals surface area contributed by atoms with Crippen LogP contribution in [0.2, 0.25) is 0 Å². The number of hydrogen-bond donors (Lipinski definition) is 2. The SMILES string of the molecule is Cl.NCC1(CC(=O)N2CCOC(CO)C2)CCCCC1. The fourth-order valence-electron chi connectivity index (χ4n) is 3.24. The molecule has 1 amide bonds. The highest BCUT2D eigenvalue weighted by molar-refractivity contribution is 5.85. The molecule has 118 valence electrons. The van der Waals surface area contributed by atoms with Gasteiger partial charge in [0.2, 0.25) is 5.91 Å². The van der Waals surface area contributed by atoms with E-state index >= 15 is 0 Å². The lowest BCUT2D eigenvalue weighted by molar-refractivity contribution is -0.143. The highest BCUT2D eigenvalue weighted by atomic mass is 35.5. The van der Waals surface area contributed by atoms with E-state index in [1.165, 1.54) is 19.3 Å². The van der Waals surface area contributed by atoms with Gasteiger partial charge in [-0.1, -0.05) is 19.3 Å². The monoisotopic (exact) mass is 306 g/mol. The molecule has 0 aromatic rings. The van der Waals surface area contributed by atoms with Gasteiger partial charge in [-0.25, -0.2) is 0 Å². The Bertz CT molecular complexity index is 309. The van der Waals surface area contributed by atoms with Gasteiger partial charge < -0.3 is 20.5 Å². The number of rotatable bonds is 4. The van der Waals surface area contributed by atoms with Crippen molar-refractivity contribution >= 4 is 18.3 Å². The average molecular weight is 307 g/mol. The van der Waals surface area contributed by atoms with E-state index in [4.69, 9.17) is 15.6 Å². The van der Waals surface area contributed by atoms with Crippen molar-refractivity contribution in [3.63, 3.8) is 0 Å². The minimum absolute atomic E-state index is 0. The molecule has 2 aliphatic rings. The molecule has 3 N–H and O–H groups in total. The number of carbonyl (C=O) groups is 1. The molecule has 0 aromatic carbocycles. The third-order valence-corrected chi connectivity index (χ3v) is 4.57. The van der Waals surface area contributed by atoms with Crippen LogP contribution in [0, 0.1) is 5.41 Å². The Balaban J connectivity index is 0.00000200. The van der Waals surface area contributed by atoms with E-state index in [0.717, 1.165) is 12.8 Å². The summed E-state index contributed by atoms with van der Waals surface area (Å²) in [7, 11) is 0. The summed E-state index contributed by atoms with van der Waals surface area (Å²) in [6.45, 7) is 2.25. The van der Waals surface area contributed by atoms with Crippen LogP contribution in [0.1, 0.15) is 38.5 Å². The van der Waals surface area contributed by atoms with Crippen molar-refractivity contribution in [1.29, 1.82) is 0 Å². The second-order valence-electron chi connectivity index (χ2n) is 5.96. The van der Waals surface area contributed by atoms with Gasteiger partial charge in [-0.15, -0.1) is 12.4 Å². The Labute approximate surface area is 127 Å². The van der Waals surface area contributed by atoms with Crippen LogP contribution >= 0.6 is 12.4 Å². The summed E-state index contributed by atoms with van der Waals surface area (Å²) in [6, 6.07) is 0. The third kappa shape index (κ3) is 4.32. The predicted octanol–water partition coefficient (Wildman–Crippen LogP) is 0.927. The zero-order valence-corrected chi connectivity index (χ0v) is 12.9. The first-order valence-corrected chi connectivity index (χ1v) is 7.39. The van der Waals surface area contributed by atoms with Gasteiger partial charge in [0.15, 0.2) is 0 Å². The molecule has 1 aliphatic heterocycles. The minimum Gasteiger partial charge on any atom is -0.394 e. The summed E-state index contributed by atoms with van der Waals surface area (Å²) >= 11 is 0. The molecule has 5 nitrogen and oxygen atoms in total. The van der Waals surface area contributed by atoms with E-state index in [-0.39, 0.29) is 36.4 Å². The fourth-order valence-corrected chi connectivity index (χ4v) is 3.24. The van der Waals surface area contributed by atoms with Gasteiger partial charge in [0.25, 0.3) is 0 Å². The Hall–Kier alpha value is -0.360. The minimum atomic E-state index is -0.224. The first-order chi connectivity index (χ1) is 9.19. The van der Waals surface area contributed by atoms with E-state index < -0.39 is 0 Å². The van der Waals surface area contributed by atoms with Crippen molar-refractivity contribution in [2.45, 2.75) is 44.6 Å². The zero-order valence-electron chi connectivity index (χ0n) is 12.1. The molecule has 0 aromatic heterocycles. The van der Waals surface area contributed by atoms with E-state index in [1.807, 2.05) is 4.90 Å². The largest absolute Gasteiger partial charge is 0.394 e. The van der Waals surface area contributed by atoms with Gasteiger partial charge >= 0.3 is 0 Å². The number of aliphatic hydroxyl groups is 1. The smallest absolute Gasteiger partial charge is 0.223 e. The second kappa shape index (κ2) is 8.17. The number of nitrogens with zero attached hydrogens (tertiary/aromatic N) is 1. The summed E-state index contributed by atoms with van der Waals surface area (Å²) in [6.07, 6.45) is 6.12. The number of nitrogens with two attached hydrogens (primary N) is 1. The van der Waals surface area contributed by atoms with Crippen molar-refractivity contribution in [2.75, 3.05) is 32.8 Å². The summed E-state index contributed by atoms with van der Waals surface area (Å²) in [4.78, 5) is 14.3. The normalized spacial score (nSPS) is 25.9. The first-order valence-electron chi connectivity index (χ1n) is 7.39. The Morgan fingerprint density at radius 1 is 1.35 bits per heavy atom. The Morgan fingerprint density at radius 2 is 2.05 bits per heavy atom. The van der Waals surface area contributed by atoms with E-state index in [1.54, 1.807) is 0 Å². The Morgan fingerprint density at radius 3 is 2.65 bits per heavy atom. The van der Waals surface area contributed by atoms with Gasteiger partial charge in [0.1, 0.15) is 0 Å². The molecule has 20 heavy (non-hydrogen) atoms. The number of carbonyl (C=O) groups excluding carboxylic acids is 1. The number of amides is 1. The van der Waals surface area contributed by atoms with E-state index in [9.17, 15) is 4.79 Å². The fraction of sp³-hybridized carbons (Fsp3) is 0.929. The summed E-state index contributed by atoms with van der Waals surface area (Å²) in [5.74, 6) is 0.175. The topological polar surface area (TPSA) is 75.8 Å². The molecule has 6 heteroatoms. The molecule has 0 spiro atoms. The molecule has 2 fully saturated rings. The molecule has 1 atom stereocenters. The molecule has 1 unspecified atom stereocenters. The average Bonchev–Trinajstić information content (AvgIpc) is 2.48. The number of hydrogen-bond acceptors (Lipinski definition) is 4. The van der Waals surface area contributed by atoms with Crippen LogP contribution in [-0.2, 0) is 9.53 Å². The molecule has 0 bridgehead atoms. The Kier molecular flexibility index (Phi) is 7.23. The number of aliphatic hydroxyl groups excluding tert-OH is 1. The molecule has 1 saturated carbocycles. The summed E-state index contributed by atoms with van der Waals surface area (Å²) < 4.78 is 5.38. The van der Waals surface area contributed by atoms with Crippen LogP contribution in [0.3, 0.4) is 0 Å². The van der Waals surface area contributed by atoms with Crippen molar-refractivity contribution in [3.05, 3.63) is 0 Å². The van der Waals surface area contributed by atoms with Gasteiger partial charge in [-0.3, -0.25) is 4.79 Å². The maximum Gasteiger partial charge on any atom is 0.223 e. The first kappa shape index (κ1) is 17.7. The standard InChI is InChI=1S/C14H26N2O3.ClH/c15-11-14(4-2-1-3-5-14)8-13(18)16-6-7-19-12(9-16)10-17;/h12,17H,1-11,15H2;1H. The molecule has 0 radical (unpaired) electrons. The molecule has 1 aliphatic carbocycles. The lowest BCUT2D eigenvalue weighted by Crippen LogP contribution is -2.49. The van der Waals surface area contributed by atoms with Gasteiger partial charge in [-0.05, 0) is 24.8 Å². The van der Waals surface area contributed by atoms with Crippen LogP contribution in [0.4, 0.5) is 0 Å². The van der Waals surface area contributed by atoms with Crippen LogP contribution in [0.15, 0.2) is 0 Å². The van der Waals surface area contributed by atoms with Crippen LogP contribution in [-0.4, -0.2) is 54.9 Å². The maximum absolute atomic E-state index is 12.4. The highest BCUT2D eigenvalue weighted by Gasteiger charge is 2.35. The predicted molar refractivity (Wildman–Crippen MR) is 79.8 cm³/mol. The highest BCUT2D eigenvalue weighted by Crippen LogP contribution is 2.38. The molecular formula is C14H27ClN2O3. The number of morpholine rings is 1. The van der Waals surface area contributed by atoms with Crippen LogP contribution < -0.4 is 5.73 Å². The third-order valence-electron chi connectivity index (χ3n) is 4.57. The maximum atomic E-state index is 12.4. The van der Waals surface area contributed by atoms with Gasteiger partial charge in [-0.2, -0.15) is 0 Å². The van der Waals surface area contributed by atoms with Crippen LogP contribution in [0.5, 0.6) is 0 Å². The zero-order chi connectivity index (χ0) is 13.7. The van der Waals surface area contributed by atoms with Gasteiger partial charge in [0.05, 0.1) is 19.3 Å². The van der Waals surface area contributed by atoms with Crippen molar-refractivity contribution < 1.29 is 14.6 Å². The lowest BCUT2D eigenvalue weighted by atomic mass is 9.71. The lowest BCUT2D eigenvalue weighted by Gasteiger charge is -2.39. The summed E-state index contributed by atoms with van der Waals surface area (Å²) in [5.41, 5.74) is 5.95. The molecular weight excluding hydrogens is 280 g/mol. The molecule has 1 saturated heterocycles. The van der Waals surface area contributed by atoms with Crippen molar-refractivity contribution in [1.82, 2.24) is 4.90 Å². The van der Waals surface area contributed by atoms with E-state index in [2.05, 4.69) is 0 Å². The quantitative estimate of drug-likeness (QED) is 0.810. The van der Waals surface area contributed by atoms with E-state index in [0.29, 0.717) is 32.7 Å². The van der Waals surface area contributed by atoms with Crippen molar-refractivity contribution in [2.24, 2.45) is 11.1 Å². The number of ether oxygens (including phenoxy) is 1.